The Bertz CT molecular complexity index is 841. The van der Waals surface area contributed by atoms with Crippen molar-refractivity contribution in [2.24, 2.45) is 7.05 Å². The summed E-state index contributed by atoms with van der Waals surface area (Å²) in [4.78, 5) is 27.4. The van der Waals surface area contributed by atoms with E-state index in [1.807, 2.05) is 29.9 Å². The van der Waals surface area contributed by atoms with E-state index in [1.165, 1.54) is 0 Å². The zero-order valence-electron chi connectivity index (χ0n) is 14.2. The number of fused-ring (bicyclic) bond motifs is 3. The minimum atomic E-state index is -0.293. The Balaban J connectivity index is 1.61. The smallest absolute Gasteiger partial charge is 0.410 e. The summed E-state index contributed by atoms with van der Waals surface area (Å²) in [5.74, 6) is -0.0537. The Morgan fingerprint density at radius 3 is 3.00 bits per heavy atom. The predicted octanol–water partition coefficient (Wildman–Crippen LogP) is 2.46. The van der Waals surface area contributed by atoms with E-state index in [-0.39, 0.29) is 18.2 Å². The highest BCUT2D eigenvalue weighted by Gasteiger charge is 2.34. The molecule has 8 heteroatoms. The third kappa shape index (κ3) is 2.66. The highest BCUT2D eigenvalue weighted by molar-refractivity contribution is 7.16. The first-order chi connectivity index (χ1) is 12.1. The molecular formula is C17H20N4O3S. The number of carbonyl (C=O) groups is 2. The van der Waals surface area contributed by atoms with Crippen LogP contribution in [0.5, 0.6) is 0 Å². The average Bonchev–Trinajstić information content (AvgIpc) is 3.17. The third-order valence-electron chi connectivity index (χ3n) is 4.64. The summed E-state index contributed by atoms with van der Waals surface area (Å²) in [6, 6.07) is 3.94. The molecule has 2 aromatic rings. The van der Waals surface area contributed by atoms with E-state index in [0.29, 0.717) is 26.1 Å². The number of amides is 2. The first-order valence-electron chi connectivity index (χ1n) is 8.33. The summed E-state index contributed by atoms with van der Waals surface area (Å²) in [5.41, 5.74) is 2.78. The van der Waals surface area contributed by atoms with Crippen molar-refractivity contribution in [2.45, 2.75) is 26.1 Å². The van der Waals surface area contributed by atoms with Gasteiger partial charge in [-0.2, -0.15) is 0 Å². The lowest BCUT2D eigenvalue weighted by Gasteiger charge is -2.28. The number of hydrogen-bond acceptors (Lipinski definition) is 5. The zero-order chi connectivity index (χ0) is 17.6. The van der Waals surface area contributed by atoms with Gasteiger partial charge in [-0.05, 0) is 31.0 Å². The molecule has 25 heavy (non-hydrogen) atoms. The molecule has 0 unspecified atom stereocenters. The topological polar surface area (TPSA) is 75.6 Å². The molecule has 0 aliphatic carbocycles. The molecule has 0 saturated carbocycles. The van der Waals surface area contributed by atoms with Crippen molar-refractivity contribution in [1.29, 1.82) is 0 Å². The van der Waals surface area contributed by atoms with Crippen LogP contribution >= 0.6 is 11.3 Å². The lowest BCUT2D eigenvalue weighted by atomic mass is 10.0. The van der Waals surface area contributed by atoms with Crippen molar-refractivity contribution < 1.29 is 14.3 Å². The minimum Gasteiger partial charge on any atom is -0.450 e. The van der Waals surface area contributed by atoms with Gasteiger partial charge in [0.1, 0.15) is 11.2 Å². The fourth-order valence-corrected chi connectivity index (χ4v) is 4.70. The lowest BCUT2D eigenvalue weighted by Crippen LogP contribution is -2.40. The predicted molar refractivity (Wildman–Crippen MR) is 94.7 cm³/mol. The minimum absolute atomic E-state index is 0.0537. The van der Waals surface area contributed by atoms with Crippen LogP contribution in [-0.2, 0) is 24.8 Å². The standard InChI is InChI=1S/C17H20N4O3S/c1-3-24-17(23)21-8-6-10-12(9-21)25-16-13(10)15(22)18-14(19-16)11-5-4-7-20(11)2/h4-5,7,14,19H,3,6,8-9H2,1-2H3,(H,18,22)/t14-/m0/s1. The number of aromatic nitrogens is 1. The second-order valence-corrected chi connectivity index (χ2v) is 7.28. The van der Waals surface area contributed by atoms with Gasteiger partial charge in [-0.1, -0.05) is 0 Å². The molecule has 4 rings (SSSR count). The van der Waals surface area contributed by atoms with Crippen LogP contribution < -0.4 is 10.6 Å². The van der Waals surface area contributed by atoms with Gasteiger partial charge in [0.25, 0.3) is 5.91 Å². The molecule has 2 aliphatic rings. The van der Waals surface area contributed by atoms with Gasteiger partial charge in [0, 0.05) is 24.7 Å². The van der Waals surface area contributed by atoms with Crippen LogP contribution in [0.15, 0.2) is 18.3 Å². The molecule has 7 nitrogen and oxygen atoms in total. The number of nitrogens with one attached hydrogen (secondary N) is 2. The van der Waals surface area contributed by atoms with Crippen molar-refractivity contribution in [3.05, 3.63) is 40.0 Å². The highest BCUT2D eigenvalue weighted by Crippen LogP contribution is 2.40. The SMILES string of the molecule is CCOC(=O)N1CCc2c(sc3c2C(=O)N[C@H](c2cccn2C)N3)C1. The maximum Gasteiger partial charge on any atom is 0.410 e. The molecule has 0 fully saturated rings. The Morgan fingerprint density at radius 1 is 1.44 bits per heavy atom. The molecule has 0 bridgehead atoms. The van der Waals surface area contributed by atoms with Crippen molar-refractivity contribution >= 4 is 28.3 Å². The largest absolute Gasteiger partial charge is 0.450 e. The first-order valence-corrected chi connectivity index (χ1v) is 9.15. The maximum absolute atomic E-state index is 12.7. The number of aryl methyl sites for hydroxylation is 1. The monoisotopic (exact) mass is 360 g/mol. The van der Waals surface area contributed by atoms with E-state index in [1.54, 1.807) is 23.2 Å². The fourth-order valence-electron chi connectivity index (χ4n) is 3.41. The van der Waals surface area contributed by atoms with E-state index in [0.717, 1.165) is 26.7 Å². The molecule has 1 atom stereocenters. The number of rotatable bonds is 2. The number of nitrogens with zero attached hydrogens (tertiary/aromatic N) is 2. The second kappa shape index (κ2) is 6.11. The number of hydrogen-bond donors (Lipinski definition) is 2. The van der Waals surface area contributed by atoms with E-state index in [4.69, 9.17) is 4.74 Å². The lowest BCUT2D eigenvalue weighted by molar-refractivity contribution is 0.0933. The molecule has 132 valence electrons. The zero-order valence-corrected chi connectivity index (χ0v) is 15.0. The summed E-state index contributed by atoms with van der Waals surface area (Å²) in [7, 11) is 1.95. The van der Waals surface area contributed by atoms with Crippen molar-refractivity contribution in [1.82, 2.24) is 14.8 Å². The quantitative estimate of drug-likeness (QED) is 0.863. The van der Waals surface area contributed by atoms with E-state index in [9.17, 15) is 9.59 Å². The first kappa shape index (κ1) is 16.0. The molecule has 2 aromatic heterocycles. The number of ether oxygens (including phenoxy) is 1. The summed E-state index contributed by atoms with van der Waals surface area (Å²) < 4.78 is 7.08. The van der Waals surface area contributed by atoms with Gasteiger partial charge in [-0.15, -0.1) is 11.3 Å². The normalized spacial score (nSPS) is 18.9. The van der Waals surface area contributed by atoms with Gasteiger partial charge in [-0.25, -0.2) is 4.79 Å². The molecule has 0 saturated heterocycles. The Kier molecular flexibility index (Phi) is 3.91. The Hall–Kier alpha value is -2.48. The van der Waals surface area contributed by atoms with Crippen LogP contribution in [-0.4, -0.2) is 34.6 Å². The van der Waals surface area contributed by atoms with Crippen LogP contribution in [0.3, 0.4) is 0 Å². The van der Waals surface area contributed by atoms with Crippen molar-refractivity contribution in [2.75, 3.05) is 18.5 Å². The second-order valence-electron chi connectivity index (χ2n) is 6.17. The fraction of sp³-hybridized carbons (Fsp3) is 0.412. The molecule has 2 aliphatic heterocycles. The van der Waals surface area contributed by atoms with E-state index < -0.39 is 0 Å². The van der Waals surface area contributed by atoms with Crippen LogP contribution in [0, 0.1) is 0 Å². The molecule has 2 N–H and O–H groups in total. The van der Waals surface area contributed by atoms with Gasteiger partial charge in [0.2, 0.25) is 0 Å². The molecule has 0 spiro atoms. The third-order valence-corrected chi connectivity index (χ3v) is 5.79. The van der Waals surface area contributed by atoms with Crippen molar-refractivity contribution in [3.8, 4) is 0 Å². The number of anilines is 1. The summed E-state index contributed by atoms with van der Waals surface area (Å²) in [6.45, 7) is 3.24. The Labute approximate surface area is 149 Å². The highest BCUT2D eigenvalue weighted by atomic mass is 32.1. The van der Waals surface area contributed by atoms with Gasteiger partial charge in [0.15, 0.2) is 0 Å². The van der Waals surface area contributed by atoms with Gasteiger partial charge >= 0.3 is 6.09 Å². The Morgan fingerprint density at radius 2 is 2.28 bits per heavy atom. The average molecular weight is 360 g/mol. The van der Waals surface area contributed by atoms with Crippen LogP contribution in [0.4, 0.5) is 9.80 Å². The molecular weight excluding hydrogens is 340 g/mol. The number of thiophene rings is 1. The van der Waals surface area contributed by atoms with Crippen molar-refractivity contribution in [3.63, 3.8) is 0 Å². The maximum atomic E-state index is 12.7. The van der Waals surface area contributed by atoms with E-state index >= 15 is 0 Å². The van der Waals surface area contributed by atoms with Crippen LogP contribution in [0.1, 0.15) is 39.6 Å². The van der Waals surface area contributed by atoms with Gasteiger partial charge < -0.3 is 24.8 Å². The summed E-state index contributed by atoms with van der Waals surface area (Å²) in [6.07, 6.45) is 2.08. The van der Waals surface area contributed by atoms with Crippen LogP contribution in [0.2, 0.25) is 0 Å². The van der Waals surface area contributed by atoms with Gasteiger partial charge in [0.05, 0.1) is 24.4 Å². The van der Waals surface area contributed by atoms with Crippen LogP contribution in [0.25, 0.3) is 0 Å². The molecule has 2 amide bonds. The summed E-state index contributed by atoms with van der Waals surface area (Å²) >= 11 is 1.56. The van der Waals surface area contributed by atoms with Gasteiger partial charge in [-0.3, -0.25) is 4.79 Å². The van der Waals surface area contributed by atoms with E-state index in [2.05, 4.69) is 10.6 Å². The number of carbonyl (C=O) groups excluding carboxylic acids is 2. The molecule has 4 heterocycles. The molecule has 0 radical (unpaired) electrons. The molecule has 0 aromatic carbocycles. The summed E-state index contributed by atoms with van der Waals surface area (Å²) in [5, 5.41) is 7.35.